The summed E-state index contributed by atoms with van der Waals surface area (Å²) in [6.07, 6.45) is 5.62. The van der Waals surface area contributed by atoms with Gasteiger partial charge in [-0.15, -0.1) is 0 Å². The summed E-state index contributed by atoms with van der Waals surface area (Å²) in [5.41, 5.74) is 0. The van der Waals surface area contributed by atoms with Crippen molar-refractivity contribution in [1.29, 1.82) is 0 Å². The quantitative estimate of drug-likeness (QED) is 0.776. The summed E-state index contributed by atoms with van der Waals surface area (Å²) >= 11 is 0. The van der Waals surface area contributed by atoms with E-state index in [1.165, 1.54) is 0 Å². The van der Waals surface area contributed by atoms with Crippen molar-refractivity contribution in [3.05, 3.63) is 0 Å². The third-order valence-corrected chi connectivity index (χ3v) is 7.55. The van der Waals surface area contributed by atoms with Gasteiger partial charge in [-0.2, -0.15) is 17.0 Å². The molecule has 3 saturated heterocycles. The van der Waals surface area contributed by atoms with Gasteiger partial charge in [-0.25, -0.2) is 0 Å². The number of carbonyl (C=O) groups excluding carboxylic acids is 1. The lowest BCUT2D eigenvalue weighted by Crippen LogP contribution is -2.51. The first-order valence-electron chi connectivity index (χ1n) is 9.02. The van der Waals surface area contributed by atoms with Gasteiger partial charge >= 0.3 is 0 Å². The van der Waals surface area contributed by atoms with E-state index in [4.69, 9.17) is 0 Å². The van der Waals surface area contributed by atoms with E-state index in [2.05, 4.69) is 6.92 Å². The third-order valence-electron chi connectivity index (χ3n) is 5.55. The maximum atomic E-state index is 12.7. The van der Waals surface area contributed by atoms with E-state index in [-0.39, 0.29) is 11.8 Å². The highest BCUT2D eigenvalue weighted by molar-refractivity contribution is 7.86. The number of piperidine rings is 2. The Morgan fingerprint density at radius 2 is 1.48 bits per heavy atom. The summed E-state index contributed by atoms with van der Waals surface area (Å²) in [7, 11) is -3.37. The Morgan fingerprint density at radius 3 is 2.13 bits per heavy atom. The van der Waals surface area contributed by atoms with E-state index in [1.54, 1.807) is 8.61 Å². The second-order valence-electron chi connectivity index (χ2n) is 7.32. The van der Waals surface area contributed by atoms with Gasteiger partial charge in [0.1, 0.15) is 0 Å². The molecular formula is C16H29N3O3S. The van der Waals surface area contributed by atoms with Gasteiger partial charge in [0.2, 0.25) is 5.91 Å². The fraction of sp³-hybridized carbons (Fsp3) is 0.938. The van der Waals surface area contributed by atoms with E-state index in [0.717, 1.165) is 51.6 Å². The van der Waals surface area contributed by atoms with Crippen molar-refractivity contribution >= 4 is 16.1 Å². The molecule has 3 heterocycles. The largest absolute Gasteiger partial charge is 0.342 e. The Hall–Kier alpha value is -0.660. The van der Waals surface area contributed by atoms with Crippen molar-refractivity contribution in [1.82, 2.24) is 13.5 Å². The second-order valence-corrected chi connectivity index (χ2v) is 9.25. The van der Waals surface area contributed by atoms with Gasteiger partial charge in [-0.1, -0.05) is 6.92 Å². The molecule has 3 aliphatic rings. The van der Waals surface area contributed by atoms with Crippen molar-refractivity contribution < 1.29 is 13.2 Å². The van der Waals surface area contributed by atoms with Crippen molar-refractivity contribution in [2.24, 2.45) is 11.8 Å². The van der Waals surface area contributed by atoms with Crippen LogP contribution in [-0.2, 0) is 15.0 Å². The lowest BCUT2D eigenvalue weighted by Gasteiger charge is -2.37. The number of carbonyl (C=O) groups is 1. The standard InChI is InChI=1S/C16H29N3O3S/c1-14-6-11-17(12-7-14)16(20)15-5-4-10-19(13-15)23(21,22)18-8-2-3-9-18/h14-15H,2-13H2,1H3. The highest BCUT2D eigenvalue weighted by Crippen LogP contribution is 2.26. The van der Waals surface area contributed by atoms with Crippen LogP contribution in [-0.4, -0.2) is 67.1 Å². The molecule has 23 heavy (non-hydrogen) atoms. The highest BCUT2D eigenvalue weighted by atomic mass is 32.2. The Labute approximate surface area is 140 Å². The first-order valence-corrected chi connectivity index (χ1v) is 10.4. The summed E-state index contributed by atoms with van der Waals surface area (Å²) < 4.78 is 28.5. The Morgan fingerprint density at radius 1 is 0.870 bits per heavy atom. The highest BCUT2D eigenvalue weighted by Gasteiger charge is 2.38. The normalized spacial score (nSPS) is 29.1. The van der Waals surface area contributed by atoms with Gasteiger partial charge in [-0.3, -0.25) is 4.79 Å². The van der Waals surface area contributed by atoms with E-state index in [1.807, 2.05) is 4.90 Å². The van der Waals surface area contributed by atoms with Crippen LogP contribution in [0.5, 0.6) is 0 Å². The van der Waals surface area contributed by atoms with Crippen molar-refractivity contribution in [2.75, 3.05) is 39.3 Å². The third kappa shape index (κ3) is 3.72. The van der Waals surface area contributed by atoms with Crippen LogP contribution in [0.1, 0.15) is 45.4 Å². The van der Waals surface area contributed by atoms with Crippen LogP contribution in [0.2, 0.25) is 0 Å². The topological polar surface area (TPSA) is 60.9 Å². The molecule has 0 spiro atoms. The van der Waals surface area contributed by atoms with Gasteiger partial charge in [0.05, 0.1) is 5.92 Å². The molecule has 6 nitrogen and oxygen atoms in total. The minimum Gasteiger partial charge on any atom is -0.342 e. The average molecular weight is 343 g/mol. The van der Waals surface area contributed by atoms with E-state index >= 15 is 0 Å². The first kappa shape index (κ1) is 17.2. The molecule has 0 aromatic heterocycles. The SMILES string of the molecule is CC1CCN(C(=O)C2CCCN(S(=O)(=O)N3CCCC3)C2)CC1. The Kier molecular flexibility index (Phi) is 5.28. The van der Waals surface area contributed by atoms with Crippen molar-refractivity contribution in [2.45, 2.75) is 45.4 Å². The van der Waals surface area contributed by atoms with Crippen LogP contribution in [0, 0.1) is 11.8 Å². The molecule has 0 aromatic rings. The second kappa shape index (κ2) is 7.07. The van der Waals surface area contributed by atoms with Gasteiger partial charge in [0, 0.05) is 39.3 Å². The summed E-state index contributed by atoms with van der Waals surface area (Å²) in [5, 5.41) is 0. The predicted octanol–water partition coefficient (Wildman–Crippen LogP) is 1.30. The van der Waals surface area contributed by atoms with Crippen LogP contribution in [0.4, 0.5) is 0 Å². The molecule has 0 N–H and O–H groups in total. The van der Waals surface area contributed by atoms with Crippen LogP contribution < -0.4 is 0 Å². The minimum atomic E-state index is -3.37. The molecule has 3 rings (SSSR count). The van der Waals surface area contributed by atoms with Gasteiger partial charge in [-0.05, 0) is 44.4 Å². The monoisotopic (exact) mass is 343 g/mol. The molecule has 132 valence electrons. The zero-order chi connectivity index (χ0) is 16.4. The molecule has 1 atom stereocenters. The number of nitrogens with zero attached hydrogens (tertiary/aromatic N) is 3. The van der Waals surface area contributed by atoms with Crippen molar-refractivity contribution in [3.63, 3.8) is 0 Å². The van der Waals surface area contributed by atoms with Gasteiger partial charge in [0.25, 0.3) is 10.2 Å². The molecule has 3 fully saturated rings. The molecule has 0 bridgehead atoms. The molecule has 0 aromatic carbocycles. The minimum absolute atomic E-state index is 0.158. The van der Waals surface area contributed by atoms with Crippen LogP contribution in [0.15, 0.2) is 0 Å². The van der Waals surface area contributed by atoms with Crippen molar-refractivity contribution in [3.8, 4) is 0 Å². The van der Waals surface area contributed by atoms with Gasteiger partial charge < -0.3 is 4.90 Å². The molecule has 0 radical (unpaired) electrons. The van der Waals surface area contributed by atoms with Crippen LogP contribution in [0.25, 0.3) is 0 Å². The number of amides is 1. The molecule has 3 aliphatic heterocycles. The lowest BCUT2D eigenvalue weighted by atomic mass is 9.94. The molecule has 0 saturated carbocycles. The Bertz CT molecular complexity index is 523. The zero-order valence-corrected chi connectivity index (χ0v) is 14.9. The van der Waals surface area contributed by atoms with E-state index in [0.29, 0.717) is 32.1 Å². The fourth-order valence-electron chi connectivity index (χ4n) is 3.92. The van der Waals surface area contributed by atoms with Crippen LogP contribution >= 0.6 is 0 Å². The van der Waals surface area contributed by atoms with Crippen LogP contribution in [0.3, 0.4) is 0 Å². The summed E-state index contributed by atoms with van der Waals surface area (Å²) in [6.45, 7) is 6.06. The number of hydrogen-bond acceptors (Lipinski definition) is 3. The van der Waals surface area contributed by atoms with Gasteiger partial charge in [0.15, 0.2) is 0 Å². The number of hydrogen-bond donors (Lipinski definition) is 0. The fourth-order valence-corrected chi connectivity index (χ4v) is 5.70. The summed E-state index contributed by atoms with van der Waals surface area (Å²) in [4.78, 5) is 14.7. The zero-order valence-electron chi connectivity index (χ0n) is 14.1. The smallest absolute Gasteiger partial charge is 0.281 e. The maximum Gasteiger partial charge on any atom is 0.281 e. The maximum absolute atomic E-state index is 12.7. The van der Waals surface area contributed by atoms with E-state index in [9.17, 15) is 13.2 Å². The number of rotatable bonds is 3. The Balaban J connectivity index is 1.62. The molecule has 1 unspecified atom stereocenters. The van der Waals surface area contributed by atoms with E-state index < -0.39 is 10.2 Å². The summed E-state index contributed by atoms with van der Waals surface area (Å²) in [5.74, 6) is 0.699. The average Bonchev–Trinajstić information content (AvgIpc) is 3.10. The first-order chi connectivity index (χ1) is 11.0. The summed E-state index contributed by atoms with van der Waals surface area (Å²) in [6, 6.07) is 0. The molecular weight excluding hydrogens is 314 g/mol. The lowest BCUT2D eigenvalue weighted by molar-refractivity contribution is -0.138. The molecule has 0 aliphatic carbocycles. The number of likely N-dealkylation sites (tertiary alicyclic amines) is 1. The molecule has 7 heteroatoms. The predicted molar refractivity (Wildman–Crippen MR) is 89.0 cm³/mol. The molecule has 1 amide bonds.